The van der Waals surface area contributed by atoms with Crippen LogP contribution in [0.3, 0.4) is 0 Å². The summed E-state index contributed by atoms with van der Waals surface area (Å²) in [6, 6.07) is 16.6. The Hall–Kier alpha value is -4.20. The summed E-state index contributed by atoms with van der Waals surface area (Å²) in [4.78, 5) is 22.9. The SMILES string of the molecule is COC(=O)c1cc(-c2ccccn2)nc2ccc3nn(-c4cccc(F)c4)nc3c12. The molecule has 146 valence electrons. The van der Waals surface area contributed by atoms with Gasteiger partial charge in [-0.25, -0.2) is 14.2 Å². The molecular weight excluding hydrogens is 385 g/mol. The van der Waals surface area contributed by atoms with Gasteiger partial charge in [-0.15, -0.1) is 10.2 Å². The molecule has 7 nitrogen and oxygen atoms in total. The Morgan fingerprint density at radius 3 is 2.60 bits per heavy atom. The first-order valence-electron chi connectivity index (χ1n) is 9.10. The molecule has 0 atom stereocenters. The number of fused-ring (bicyclic) bond motifs is 3. The predicted molar refractivity (Wildman–Crippen MR) is 109 cm³/mol. The summed E-state index contributed by atoms with van der Waals surface area (Å²) < 4.78 is 18.6. The topological polar surface area (TPSA) is 82.8 Å². The van der Waals surface area contributed by atoms with Gasteiger partial charge >= 0.3 is 5.97 Å². The van der Waals surface area contributed by atoms with E-state index in [-0.39, 0.29) is 0 Å². The zero-order chi connectivity index (χ0) is 20.7. The Kier molecular flexibility index (Phi) is 4.17. The minimum Gasteiger partial charge on any atom is -0.465 e. The number of pyridine rings is 2. The fraction of sp³-hybridized carbons (Fsp3) is 0.0455. The van der Waals surface area contributed by atoms with Gasteiger partial charge in [0.25, 0.3) is 0 Å². The predicted octanol–water partition coefficient (Wildman–Crippen LogP) is 3.96. The molecule has 0 bridgehead atoms. The second kappa shape index (κ2) is 7.00. The minimum atomic E-state index is -0.521. The van der Waals surface area contributed by atoms with E-state index in [1.807, 2.05) is 12.1 Å². The number of carbonyl (C=O) groups excluding carboxylic acids is 1. The van der Waals surface area contributed by atoms with Gasteiger partial charge in [0.2, 0.25) is 0 Å². The number of aromatic nitrogens is 5. The molecule has 8 heteroatoms. The lowest BCUT2D eigenvalue weighted by atomic mass is 10.0. The van der Waals surface area contributed by atoms with Gasteiger partial charge in [-0.3, -0.25) is 4.98 Å². The number of rotatable bonds is 3. The molecule has 0 spiro atoms. The van der Waals surface area contributed by atoms with E-state index in [0.717, 1.165) is 0 Å². The van der Waals surface area contributed by atoms with Crippen molar-refractivity contribution in [1.29, 1.82) is 0 Å². The van der Waals surface area contributed by atoms with Crippen LogP contribution in [0, 0.1) is 5.82 Å². The molecule has 0 saturated carbocycles. The third kappa shape index (κ3) is 2.95. The van der Waals surface area contributed by atoms with Crippen LogP contribution in [-0.4, -0.2) is 38.0 Å². The summed E-state index contributed by atoms with van der Waals surface area (Å²) in [6.45, 7) is 0. The molecule has 0 aliphatic heterocycles. The Bertz CT molecular complexity index is 1420. The Morgan fingerprint density at radius 2 is 1.83 bits per heavy atom. The maximum atomic E-state index is 13.6. The molecule has 0 N–H and O–H groups in total. The molecule has 5 aromatic rings. The monoisotopic (exact) mass is 399 g/mol. The van der Waals surface area contributed by atoms with Crippen LogP contribution in [0.1, 0.15) is 10.4 Å². The Labute approximate surface area is 169 Å². The summed E-state index contributed by atoms with van der Waals surface area (Å²) in [6.07, 6.45) is 1.66. The van der Waals surface area contributed by atoms with E-state index in [0.29, 0.717) is 44.6 Å². The highest BCUT2D eigenvalue weighted by molar-refractivity contribution is 6.14. The summed E-state index contributed by atoms with van der Waals surface area (Å²) in [5.74, 6) is -0.914. The second-order valence-corrected chi connectivity index (χ2v) is 6.56. The molecule has 0 amide bonds. The lowest BCUT2D eigenvalue weighted by Crippen LogP contribution is -2.05. The number of halogens is 1. The number of carbonyl (C=O) groups is 1. The van der Waals surface area contributed by atoms with E-state index in [1.165, 1.54) is 24.0 Å². The maximum Gasteiger partial charge on any atom is 0.338 e. The van der Waals surface area contributed by atoms with Crippen molar-refractivity contribution in [2.24, 2.45) is 0 Å². The normalized spacial score (nSPS) is 11.1. The molecule has 0 aliphatic carbocycles. The molecule has 0 aliphatic rings. The standard InChI is InChI=1S/C22H14FN5O2/c1-30-22(29)15-12-19(16-7-2-3-10-24-16)25-17-8-9-18-21(20(15)17)27-28(26-18)14-6-4-5-13(23)11-14/h2-12H,1H3. The van der Waals surface area contributed by atoms with Gasteiger partial charge in [-0.2, -0.15) is 4.80 Å². The van der Waals surface area contributed by atoms with Crippen molar-refractivity contribution in [3.8, 4) is 17.1 Å². The summed E-state index contributed by atoms with van der Waals surface area (Å²) >= 11 is 0. The van der Waals surface area contributed by atoms with Crippen molar-refractivity contribution < 1.29 is 13.9 Å². The van der Waals surface area contributed by atoms with Crippen LogP contribution in [0.2, 0.25) is 0 Å². The van der Waals surface area contributed by atoms with Gasteiger partial charge in [-0.05, 0) is 42.5 Å². The highest BCUT2D eigenvalue weighted by Gasteiger charge is 2.20. The third-order valence-electron chi connectivity index (χ3n) is 4.69. The van der Waals surface area contributed by atoms with Crippen LogP contribution in [0.15, 0.2) is 66.9 Å². The molecule has 5 rings (SSSR count). The summed E-state index contributed by atoms with van der Waals surface area (Å²) in [5.41, 5.74) is 3.52. The van der Waals surface area contributed by atoms with Crippen LogP contribution >= 0.6 is 0 Å². The van der Waals surface area contributed by atoms with Crippen molar-refractivity contribution >= 4 is 27.9 Å². The Morgan fingerprint density at radius 1 is 0.967 bits per heavy atom. The zero-order valence-electron chi connectivity index (χ0n) is 15.8. The average Bonchev–Trinajstić information content (AvgIpc) is 3.23. The van der Waals surface area contributed by atoms with E-state index < -0.39 is 11.8 Å². The van der Waals surface area contributed by atoms with Crippen LogP contribution in [0.25, 0.3) is 39.0 Å². The van der Waals surface area contributed by atoms with Crippen LogP contribution in [0.5, 0.6) is 0 Å². The van der Waals surface area contributed by atoms with E-state index >= 15 is 0 Å². The van der Waals surface area contributed by atoms with E-state index in [9.17, 15) is 9.18 Å². The highest BCUT2D eigenvalue weighted by atomic mass is 19.1. The largest absolute Gasteiger partial charge is 0.465 e. The van der Waals surface area contributed by atoms with Crippen molar-refractivity contribution in [3.63, 3.8) is 0 Å². The molecule has 2 aromatic carbocycles. The second-order valence-electron chi connectivity index (χ2n) is 6.56. The first kappa shape index (κ1) is 17.9. The van der Waals surface area contributed by atoms with E-state index in [4.69, 9.17) is 4.74 Å². The number of nitrogens with zero attached hydrogens (tertiary/aromatic N) is 5. The maximum absolute atomic E-state index is 13.6. The number of esters is 1. The van der Waals surface area contributed by atoms with E-state index in [1.54, 1.807) is 42.6 Å². The summed E-state index contributed by atoms with van der Waals surface area (Å²) in [5, 5.41) is 9.45. The molecular formula is C22H14FN5O2. The van der Waals surface area contributed by atoms with Gasteiger partial charge in [0, 0.05) is 17.6 Å². The molecule has 30 heavy (non-hydrogen) atoms. The van der Waals surface area contributed by atoms with Crippen LogP contribution in [-0.2, 0) is 4.74 Å². The number of methoxy groups -OCH3 is 1. The third-order valence-corrected chi connectivity index (χ3v) is 4.69. The van der Waals surface area contributed by atoms with Crippen LogP contribution in [0.4, 0.5) is 4.39 Å². The van der Waals surface area contributed by atoms with E-state index in [2.05, 4.69) is 20.2 Å². The molecule has 0 unspecified atom stereocenters. The number of hydrogen-bond acceptors (Lipinski definition) is 6. The van der Waals surface area contributed by atoms with Crippen molar-refractivity contribution in [2.75, 3.05) is 7.11 Å². The fourth-order valence-electron chi connectivity index (χ4n) is 3.33. The van der Waals surface area contributed by atoms with Gasteiger partial charge in [0.15, 0.2) is 0 Å². The zero-order valence-corrected chi connectivity index (χ0v) is 15.8. The molecule has 0 radical (unpaired) electrons. The highest BCUT2D eigenvalue weighted by Crippen LogP contribution is 2.29. The van der Waals surface area contributed by atoms with Crippen molar-refractivity contribution in [3.05, 3.63) is 78.2 Å². The lowest BCUT2D eigenvalue weighted by Gasteiger charge is -2.08. The lowest BCUT2D eigenvalue weighted by molar-refractivity contribution is 0.0603. The van der Waals surface area contributed by atoms with Gasteiger partial charge < -0.3 is 4.74 Å². The van der Waals surface area contributed by atoms with Gasteiger partial charge in [0.05, 0.1) is 35.3 Å². The first-order chi connectivity index (χ1) is 14.6. The van der Waals surface area contributed by atoms with Crippen molar-refractivity contribution in [1.82, 2.24) is 25.0 Å². The number of benzene rings is 2. The molecule has 0 saturated heterocycles. The number of ether oxygens (including phenoxy) is 1. The van der Waals surface area contributed by atoms with Gasteiger partial charge in [0.1, 0.15) is 16.9 Å². The quantitative estimate of drug-likeness (QED) is 0.427. The number of hydrogen-bond donors (Lipinski definition) is 0. The molecule has 0 fully saturated rings. The fourth-order valence-corrected chi connectivity index (χ4v) is 3.33. The molecule has 3 heterocycles. The van der Waals surface area contributed by atoms with Gasteiger partial charge in [-0.1, -0.05) is 12.1 Å². The van der Waals surface area contributed by atoms with Crippen LogP contribution < -0.4 is 0 Å². The Balaban J connectivity index is 1.79. The minimum absolute atomic E-state index is 0.306. The molecule has 3 aromatic heterocycles. The van der Waals surface area contributed by atoms with Crippen molar-refractivity contribution in [2.45, 2.75) is 0 Å². The average molecular weight is 399 g/mol. The smallest absolute Gasteiger partial charge is 0.338 e. The summed E-state index contributed by atoms with van der Waals surface area (Å²) in [7, 11) is 1.32. The first-order valence-corrected chi connectivity index (χ1v) is 9.10.